The van der Waals surface area contributed by atoms with Gasteiger partial charge >= 0.3 is 0 Å². The molecule has 0 saturated heterocycles. The predicted octanol–water partition coefficient (Wildman–Crippen LogP) is 4.81. The third-order valence-corrected chi connectivity index (χ3v) is 5.73. The minimum absolute atomic E-state index is 0.0519. The number of nitrogens with one attached hydrogen (secondary N) is 1. The normalized spacial score (nSPS) is 15.3. The third-order valence-electron chi connectivity index (χ3n) is 5.49. The van der Waals surface area contributed by atoms with E-state index < -0.39 is 0 Å². The van der Waals surface area contributed by atoms with Gasteiger partial charge in [0.1, 0.15) is 22.9 Å². The lowest BCUT2D eigenvalue weighted by atomic mass is 9.95. The second kappa shape index (κ2) is 9.63. The van der Waals surface area contributed by atoms with E-state index in [1.54, 1.807) is 19.2 Å². The average Bonchev–Trinajstić information content (AvgIpc) is 3.34. The number of carbonyl (C=O) groups is 1. The van der Waals surface area contributed by atoms with E-state index in [1.807, 2.05) is 29.2 Å². The Morgan fingerprint density at radius 1 is 1.19 bits per heavy atom. The molecule has 0 spiro atoms. The lowest BCUT2D eigenvalue weighted by molar-refractivity contribution is 0.0723. The molecule has 0 fully saturated rings. The summed E-state index contributed by atoms with van der Waals surface area (Å²) < 4.78 is 10.9. The Bertz CT molecular complexity index is 1100. The van der Waals surface area contributed by atoms with Crippen LogP contribution in [0.15, 0.2) is 42.5 Å². The van der Waals surface area contributed by atoms with Crippen molar-refractivity contribution in [3.63, 3.8) is 0 Å². The molecule has 4 rings (SSSR count). The van der Waals surface area contributed by atoms with Crippen molar-refractivity contribution in [2.75, 3.05) is 26.9 Å². The summed E-state index contributed by atoms with van der Waals surface area (Å²) in [7, 11) is 1.64. The Kier molecular flexibility index (Phi) is 6.67. The van der Waals surface area contributed by atoms with Gasteiger partial charge < -0.3 is 19.5 Å². The summed E-state index contributed by atoms with van der Waals surface area (Å²) in [4.78, 5) is 15.1. The maximum absolute atomic E-state index is 13.3. The molecule has 2 aromatic carbocycles. The fourth-order valence-electron chi connectivity index (χ4n) is 4.02. The van der Waals surface area contributed by atoms with Gasteiger partial charge in [-0.05, 0) is 48.7 Å². The van der Waals surface area contributed by atoms with Crippen LogP contribution in [0.3, 0.4) is 0 Å². The highest BCUT2D eigenvalue weighted by Gasteiger charge is 2.42. The van der Waals surface area contributed by atoms with Gasteiger partial charge in [-0.25, -0.2) is 0 Å². The third kappa shape index (κ3) is 4.18. The van der Waals surface area contributed by atoms with E-state index in [9.17, 15) is 9.90 Å². The van der Waals surface area contributed by atoms with E-state index in [-0.39, 0.29) is 17.7 Å². The standard InChI is InChI=1S/C24H26ClN3O4/c1-3-12-32-17-8-5-15(6-9-17)23-20-21(18-14-16(25)7-10-19(18)29)26-27-22(20)24(30)28(23)11-4-13-31-2/h5-10,14,23,29H,3-4,11-13H2,1-2H3,(H,26,27). The number of phenols is 1. The number of nitrogens with zero attached hydrogens (tertiary/aromatic N) is 2. The molecule has 168 valence electrons. The Labute approximate surface area is 191 Å². The summed E-state index contributed by atoms with van der Waals surface area (Å²) in [6.07, 6.45) is 1.63. The van der Waals surface area contributed by atoms with E-state index in [0.29, 0.717) is 48.2 Å². The van der Waals surface area contributed by atoms with Crippen molar-refractivity contribution in [1.82, 2.24) is 15.1 Å². The van der Waals surface area contributed by atoms with Crippen LogP contribution in [0.4, 0.5) is 0 Å². The first kappa shape index (κ1) is 22.2. The molecule has 1 aliphatic heterocycles. The number of amides is 1. The molecular weight excluding hydrogens is 430 g/mol. The molecule has 1 aromatic heterocycles. The van der Waals surface area contributed by atoms with Gasteiger partial charge in [-0.2, -0.15) is 5.10 Å². The maximum atomic E-state index is 13.3. The highest BCUT2D eigenvalue weighted by Crippen LogP contribution is 2.45. The van der Waals surface area contributed by atoms with Gasteiger partial charge in [0.2, 0.25) is 0 Å². The lowest BCUT2D eigenvalue weighted by Gasteiger charge is -2.26. The number of fused-ring (bicyclic) bond motifs is 1. The molecular formula is C24H26ClN3O4. The lowest BCUT2D eigenvalue weighted by Crippen LogP contribution is -2.31. The topological polar surface area (TPSA) is 87.7 Å². The highest BCUT2D eigenvalue weighted by atomic mass is 35.5. The van der Waals surface area contributed by atoms with Crippen LogP contribution in [0.5, 0.6) is 11.5 Å². The quantitative estimate of drug-likeness (QED) is 0.452. The summed E-state index contributed by atoms with van der Waals surface area (Å²) in [6.45, 7) is 3.78. The number of hydrogen-bond acceptors (Lipinski definition) is 5. The number of ether oxygens (including phenoxy) is 2. The average molecular weight is 456 g/mol. The molecule has 0 saturated carbocycles. The van der Waals surface area contributed by atoms with Gasteiger partial charge in [-0.3, -0.25) is 9.89 Å². The first-order valence-electron chi connectivity index (χ1n) is 10.6. The molecule has 1 amide bonds. The van der Waals surface area contributed by atoms with Gasteiger partial charge in [0.15, 0.2) is 0 Å². The number of aromatic amines is 1. The number of H-pyrrole nitrogens is 1. The Morgan fingerprint density at radius 3 is 2.69 bits per heavy atom. The molecule has 1 aliphatic rings. The van der Waals surface area contributed by atoms with Crippen LogP contribution in [0.2, 0.25) is 5.02 Å². The van der Waals surface area contributed by atoms with Gasteiger partial charge in [0.25, 0.3) is 5.91 Å². The molecule has 0 aliphatic carbocycles. The molecule has 0 radical (unpaired) electrons. The van der Waals surface area contributed by atoms with Crippen LogP contribution in [-0.4, -0.2) is 53.0 Å². The van der Waals surface area contributed by atoms with Crippen molar-refractivity contribution >= 4 is 17.5 Å². The number of hydrogen-bond donors (Lipinski definition) is 2. The van der Waals surface area contributed by atoms with E-state index in [0.717, 1.165) is 23.3 Å². The number of benzene rings is 2. The number of carbonyl (C=O) groups excluding carboxylic acids is 1. The molecule has 1 unspecified atom stereocenters. The first-order valence-corrected chi connectivity index (χ1v) is 11.0. The number of aromatic hydroxyl groups is 1. The Morgan fingerprint density at radius 2 is 1.97 bits per heavy atom. The van der Waals surface area contributed by atoms with Crippen molar-refractivity contribution in [3.05, 3.63) is 64.3 Å². The minimum atomic E-state index is -0.360. The second-order valence-corrected chi connectivity index (χ2v) is 8.12. The minimum Gasteiger partial charge on any atom is -0.507 e. The summed E-state index contributed by atoms with van der Waals surface area (Å²) >= 11 is 6.18. The molecule has 2 N–H and O–H groups in total. The van der Waals surface area contributed by atoms with Crippen molar-refractivity contribution in [2.45, 2.75) is 25.8 Å². The van der Waals surface area contributed by atoms with Gasteiger partial charge in [0.05, 0.1) is 12.6 Å². The van der Waals surface area contributed by atoms with Crippen molar-refractivity contribution in [2.24, 2.45) is 0 Å². The van der Waals surface area contributed by atoms with Crippen molar-refractivity contribution < 1.29 is 19.4 Å². The van der Waals surface area contributed by atoms with E-state index in [2.05, 4.69) is 17.1 Å². The van der Waals surface area contributed by atoms with Crippen LogP contribution >= 0.6 is 11.6 Å². The summed E-state index contributed by atoms with van der Waals surface area (Å²) in [6, 6.07) is 12.2. The van der Waals surface area contributed by atoms with E-state index >= 15 is 0 Å². The van der Waals surface area contributed by atoms with Crippen molar-refractivity contribution in [1.29, 1.82) is 0 Å². The summed E-state index contributed by atoms with van der Waals surface area (Å²) in [5.41, 5.74) is 3.08. The zero-order valence-corrected chi connectivity index (χ0v) is 18.9. The summed E-state index contributed by atoms with van der Waals surface area (Å²) in [5.74, 6) is 0.703. The second-order valence-electron chi connectivity index (χ2n) is 7.69. The van der Waals surface area contributed by atoms with Crippen LogP contribution in [0.25, 0.3) is 11.3 Å². The smallest absolute Gasteiger partial charge is 0.273 e. The van der Waals surface area contributed by atoms with Crippen LogP contribution in [-0.2, 0) is 4.74 Å². The SMILES string of the molecule is CCCOc1ccc(C2c3c(-c4cc(Cl)ccc4O)n[nH]c3C(=O)N2CCCOC)cc1. The number of methoxy groups -OCH3 is 1. The van der Waals surface area contributed by atoms with Crippen LogP contribution in [0, 0.1) is 0 Å². The fourth-order valence-corrected chi connectivity index (χ4v) is 4.19. The molecule has 7 nitrogen and oxygen atoms in total. The monoisotopic (exact) mass is 455 g/mol. The van der Waals surface area contributed by atoms with Gasteiger partial charge in [0, 0.05) is 36.4 Å². The number of phenolic OH excluding ortho intramolecular Hbond substituents is 1. The largest absolute Gasteiger partial charge is 0.507 e. The van der Waals surface area contributed by atoms with E-state index in [4.69, 9.17) is 21.1 Å². The summed E-state index contributed by atoms with van der Waals surface area (Å²) in [5, 5.41) is 18.2. The zero-order chi connectivity index (χ0) is 22.7. The van der Waals surface area contributed by atoms with Crippen LogP contribution < -0.4 is 4.74 Å². The Balaban J connectivity index is 1.78. The highest BCUT2D eigenvalue weighted by molar-refractivity contribution is 6.31. The number of halogens is 1. The number of rotatable bonds is 9. The van der Waals surface area contributed by atoms with Crippen molar-refractivity contribution in [3.8, 4) is 22.8 Å². The maximum Gasteiger partial charge on any atom is 0.273 e. The first-order chi connectivity index (χ1) is 15.5. The molecule has 32 heavy (non-hydrogen) atoms. The van der Waals surface area contributed by atoms with Crippen LogP contribution in [0.1, 0.15) is 47.4 Å². The zero-order valence-electron chi connectivity index (χ0n) is 18.1. The Hall–Kier alpha value is -3.03. The molecule has 3 aromatic rings. The predicted molar refractivity (Wildman–Crippen MR) is 122 cm³/mol. The molecule has 1 atom stereocenters. The van der Waals surface area contributed by atoms with Gasteiger partial charge in [-0.1, -0.05) is 30.7 Å². The molecule has 0 bridgehead atoms. The van der Waals surface area contributed by atoms with E-state index in [1.165, 1.54) is 6.07 Å². The van der Waals surface area contributed by atoms with Gasteiger partial charge in [-0.15, -0.1) is 0 Å². The molecule has 2 heterocycles. The molecule has 8 heteroatoms. The number of aromatic nitrogens is 2. The fraction of sp³-hybridized carbons (Fsp3) is 0.333.